The maximum absolute atomic E-state index is 5.45. The van der Waals surface area contributed by atoms with E-state index in [0.29, 0.717) is 19.1 Å². The van der Waals surface area contributed by atoms with E-state index in [2.05, 4.69) is 36.3 Å². The molecule has 0 aliphatic heterocycles. The van der Waals surface area contributed by atoms with Crippen LogP contribution in [0, 0.1) is 0 Å². The molecule has 0 aromatic carbocycles. The van der Waals surface area contributed by atoms with Crippen LogP contribution in [-0.2, 0) is 11.2 Å². The van der Waals surface area contributed by atoms with E-state index < -0.39 is 0 Å². The van der Waals surface area contributed by atoms with Gasteiger partial charge in [-0.25, -0.2) is 4.98 Å². The average molecular weight is 306 g/mol. The summed E-state index contributed by atoms with van der Waals surface area (Å²) in [5.41, 5.74) is 0.994. The van der Waals surface area contributed by atoms with Crippen LogP contribution in [0.25, 0.3) is 0 Å². The number of ether oxygens (including phenoxy) is 2. The molecule has 2 aromatic heterocycles. The molecule has 0 spiro atoms. The molecule has 0 fully saturated rings. The van der Waals surface area contributed by atoms with E-state index >= 15 is 0 Å². The lowest BCUT2D eigenvalue weighted by atomic mass is 10.2. The largest absolute Gasteiger partial charge is 0.475 e. The maximum Gasteiger partial charge on any atom is 0.213 e. The Bertz CT molecular complexity index is 539. The third-order valence-corrected chi connectivity index (χ3v) is 4.53. The van der Waals surface area contributed by atoms with E-state index in [9.17, 15) is 0 Å². The summed E-state index contributed by atoms with van der Waals surface area (Å²) in [6, 6.07) is 8.52. The van der Waals surface area contributed by atoms with Crippen LogP contribution in [0.3, 0.4) is 0 Å². The first-order valence-electron chi connectivity index (χ1n) is 7.16. The third kappa shape index (κ3) is 4.72. The van der Waals surface area contributed by atoms with Crippen LogP contribution in [0.1, 0.15) is 29.6 Å². The molecular weight excluding hydrogens is 284 g/mol. The molecule has 2 aromatic rings. The van der Waals surface area contributed by atoms with Gasteiger partial charge in [-0.05, 0) is 31.5 Å². The smallest absolute Gasteiger partial charge is 0.213 e. The van der Waals surface area contributed by atoms with Gasteiger partial charge in [0.2, 0.25) is 5.88 Å². The van der Waals surface area contributed by atoms with Crippen LogP contribution in [0.5, 0.6) is 5.88 Å². The van der Waals surface area contributed by atoms with Gasteiger partial charge in [-0.1, -0.05) is 6.92 Å². The van der Waals surface area contributed by atoms with Crippen LogP contribution in [-0.4, -0.2) is 25.3 Å². The quantitative estimate of drug-likeness (QED) is 0.751. The molecule has 2 heterocycles. The van der Waals surface area contributed by atoms with Gasteiger partial charge in [-0.3, -0.25) is 0 Å². The van der Waals surface area contributed by atoms with Crippen molar-refractivity contribution in [3.8, 4) is 5.88 Å². The van der Waals surface area contributed by atoms with Crippen molar-refractivity contribution in [1.82, 2.24) is 4.98 Å². The summed E-state index contributed by atoms with van der Waals surface area (Å²) < 4.78 is 10.4. The van der Waals surface area contributed by atoms with E-state index in [1.807, 2.05) is 23.5 Å². The number of methoxy groups -OCH3 is 1. The zero-order valence-corrected chi connectivity index (χ0v) is 13.6. The highest BCUT2D eigenvalue weighted by Crippen LogP contribution is 2.26. The minimum absolute atomic E-state index is 0.275. The maximum atomic E-state index is 5.45. The Kier molecular flexibility index (Phi) is 6.02. The molecule has 0 saturated carbocycles. The van der Waals surface area contributed by atoms with Crippen molar-refractivity contribution >= 4 is 17.0 Å². The molecule has 0 aliphatic rings. The van der Waals surface area contributed by atoms with Crippen LogP contribution >= 0.6 is 11.3 Å². The van der Waals surface area contributed by atoms with Crippen molar-refractivity contribution in [3.05, 3.63) is 40.2 Å². The summed E-state index contributed by atoms with van der Waals surface area (Å²) in [7, 11) is 1.65. The molecule has 4 nitrogen and oxygen atoms in total. The number of aryl methyl sites for hydroxylation is 1. The number of pyridine rings is 1. The zero-order chi connectivity index (χ0) is 15.1. The SMILES string of the molecule is CCc1ccc(C(C)Nc2ccc(OCCOC)nc2)s1. The van der Waals surface area contributed by atoms with Crippen LogP contribution in [0.15, 0.2) is 30.5 Å². The Morgan fingerprint density at radius 3 is 2.71 bits per heavy atom. The fourth-order valence-electron chi connectivity index (χ4n) is 1.92. The first kappa shape index (κ1) is 15.8. The van der Waals surface area contributed by atoms with Gasteiger partial charge in [0.05, 0.1) is 24.5 Å². The molecule has 5 heteroatoms. The predicted octanol–water partition coefficient (Wildman–Crippen LogP) is 3.90. The van der Waals surface area contributed by atoms with Gasteiger partial charge in [0.1, 0.15) is 6.61 Å². The molecule has 1 atom stereocenters. The molecule has 1 unspecified atom stereocenters. The Hall–Kier alpha value is -1.59. The van der Waals surface area contributed by atoms with E-state index in [0.717, 1.165) is 12.1 Å². The van der Waals surface area contributed by atoms with E-state index in [1.165, 1.54) is 9.75 Å². The number of hydrogen-bond acceptors (Lipinski definition) is 5. The normalized spacial score (nSPS) is 12.1. The second-order valence-electron chi connectivity index (χ2n) is 4.75. The van der Waals surface area contributed by atoms with Crippen molar-refractivity contribution in [2.45, 2.75) is 26.3 Å². The molecule has 21 heavy (non-hydrogen) atoms. The summed E-state index contributed by atoms with van der Waals surface area (Å²) in [6.45, 7) is 5.42. The van der Waals surface area contributed by atoms with Gasteiger partial charge in [0, 0.05) is 22.9 Å². The van der Waals surface area contributed by atoms with Gasteiger partial charge in [-0.2, -0.15) is 0 Å². The number of nitrogens with one attached hydrogen (secondary N) is 1. The Morgan fingerprint density at radius 1 is 1.24 bits per heavy atom. The fraction of sp³-hybridized carbons (Fsp3) is 0.438. The van der Waals surface area contributed by atoms with Crippen LogP contribution in [0.2, 0.25) is 0 Å². The number of anilines is 1. The predicted molar refractivity (Wildman–Crippen MR) is 87.3 cm³/mol. The van der Waals surface area contributed by atoms with E-state index in [-0.39, 0.29) is 6.04 Å². The Labute approximate surface area is 130 Å². The molecule has 0 saturated heterocycles. The summed E-state index contributed by atoms with van der Waals surface area (Å²) in [6.07, 6.45) is 2.89. The minimum atomic E-state index is 0.275. The van der Waals surface area contributed by atoms with Crippen LogP contribution < -0.4 is 10.1 Å². The first-order chi connectivity index (χ1) is 10.2. The first-order valence-corrected chi connectivity index (χ1v) is 7.97. The molecule has 2 rings (SSSR count). The highest BCUT2D eigenvalue weighted by molar-refractivity contribution is 7.12. The molecular formula is C16H22N2O2S. The molecule has 0 aliphatic carbocycles. The lowest BCUT2D eigenvalue weighted by molar-refractivity contribution is 0.144. The van der Waals surface area contributed by atoms with Gasteiger partial charge in [0.15, 0.2) is 0 Å². The summed E-state index contributed by atoms with van der Waals surface area (Å²) in [5.74, 6) is 0.620. The van der Waals surface area contributed by atoms with Crippen molar-refractivity contribution in [3.63, 3.8) is 0 Å². The highest BCUT2D eigenvalue weighted by Gasteiger charge is 2.08. The lowest BCUT2D eigenvalue weighted by Crippen LogP contribution is -2.07. The van der Waals surface area contributed by atoms with E-state index in [1.54, 1.807) is 13.3 Å². The van der Waals surface area contributed by atoms with Crippen molar-refractivity contribution in [2.75, 3.05) is 25.6 Å². The van der Waals surface area contributed by atoms with Gasteiger partial charge in [0.25, 0.3) is 0 Å². The second-order valence-corrected chi connectivity index (χ2v) is 5.95. The van der Waals surface area contributed by atoms with Gasteiger partial charge in [-0.15, -0.1) is 11.3 Å². The molecule has 1 N–H and O–H groups in total. The number of thiophene rings is 1. The topological polar surface area (TPSA) is 43.4 Å². The van der Waals surface area contributed by atoms with Gasteiger partial charge < -0.3 is 14.8 Å². The zero-order valence-electron chi connectivity index (χ0n) is 12.8. The number of hydrogen-bond donors (Lipinski definition) is 1. The fourth-order valence-corrected chi connectivity index (χ4v) is 2.87. The summed E-state index contributed by atoms with van der Waals surface area (Å²) >= 11 is 1.86. The molecule has 0 radical (unpaired) electrons. The summed E-state index contributed by atoms with van der Waals surface area (Å²) in [5, 5.41) is 3.46. The number of aromatic nitrogens is 1. The van der Waals surface area contributed by atoms with Crippen LogP contribution in [0.4, 0.5) is 5.69 Å². The molecule has 0 bridgehead atoms. The highest BCUT2D eigenvalue weighted by atomic mass is 32.1. The monoisotopic (exact) mass is 306 g/mol. The third-order valence-electron chi connectivity index (χ3n) is 3.11. The minimum Gasteiger partial charge on any atom is -0.475 e. The Balaban J connectivity index is 1.90. The van der Waals surface area contributed by atoms with Crippen molar-refractivity contribution < 1.29 is 9.47 Å². The molecule has 114 valence electrons. The number of nitrogens with zero attached hydrogens (tertiary/aromatic N) is 1. The van der Waals surface area contributed by atoms with Gasteiger partial charge >= 0.3 is 0 Å². The lowest BCUT2D eigenvalue weighted by Gasteiger charge is -2.13. The second kappa shape index (κ2) is 8.00. The van der Waals surface area contributed by atoms with E-state index in [4.69, 9.17) is 9.47 Å². The summed E-state index contributed by atoms with van der Waals surface area (Å²) in [4.78, 5) is 7.04. The van der Waals surface area contributed by atoms with Crippen molar-refractivity contribution in [2.24, 2.45) is 0 Å². The molecule has 0 amide bonds. The average Bonchev–Trinajstić information content (AvgIpc) is 2.98. The number of rotatable bonds is 8. The Morgan fingerprint density at radius 2 is 2.10 bits per heavy atom. The van der Waals surface area contributed by atoms with Crippen molar-refractivity contribution in [1.29, 1.82) is 0 Å². The standard InChI is InChI=1S/C16H22N2O2S/c1-4-14-6-7-15(21-14)12(2)18-13-5-8-16(17-11-13)20-10-9-19-3/h5-8,11-12,18H,4,9-10H2,1-3H3.